The molecule has 1 atom stereocenters. The fourth-order valence-corrected chi connectivity index (χ4v) is 6.23. The summed E-state index contributed by atoms with van der Waals surface area (Å²) >= 11 is 0. The lowest BCUT2D eigenvalue weighted by molar-refractivity contribution is -0.126. The Morgan fingerprint density at radius 2 is 1.76 bits per heavy atom. The number of carbonyl (C=O) groups is 1. The van der Waals surface area contributed by atoms with Crippen molar-refractivity contribution in [1.82, 2.24) is 14.6 Å². The van der Waals surface area contributed by atoms with Crippen molar-refractivity contribution in [2.75, 3.05) is 13.1 Å². The second-order valence-corrected chi connectivity index (χ2v) is 10.1. The van der Waals surface area contributed by atoms with Crippen molar-refractivity contribution in [2.45, 2.75) is 62.3 Å². The lowest BCUT2D eigenvalue weighted by atomic mass is 9.97. The van der Waals surface area contributed by atoms with E-state index in [9.17, 15) is 13.2 Å². The quantitative estimate of drug-likeness (QED) is 0.776. The summed E-state index contributed by atoms with van der Waals surface area (Å²) in [6, 6.07) is 9.12. The first-order valence-electron chi connectivity index (χ1n) is 10.7. The average molecular weight is 416 g/mol. The van der Waals surface area contributed by atoms with Gasteiger partial charge in [0, 0.05) is 30.7 Å². The second-order valence-electron chi connectivity index (χ2n) is 8.23. The third kappa shape index (κ3) is 4.46. The molecule has 0 spiro atoms. The molecule has 2 fully saturated rings. The predicted octanol–water partition coefficient (Wildman–Crippen LogP) is 3.47. The number of amides is 1. The molecule has 1 aliphatic carbocycles. The Bertz CT molecular complexity index is 963. The Hall–Kier alpha value is -1.99. The largest absolute Gasteiger partial charge is 0.353 e. The molecule has 6 nitrogen and oxygen atoms in total. The summed E-state index contributed by atoms with van der Waals surface area (Å²) in [4.78, 5) is 17.4. The van der Waals surface area contributed by atoms with E-state index in [1.165, 1.54) is 17.1 Å². The van der Waals surface area contributed by atoms with E-state index in [1.54, 1.807) is 24.4 Å². The predicted molar refractivity (Wildman–Crippen MR) is 113 cm³/mol. The van der Waals surface area contributed by atoms with Crippen LogP contribution in [-0.4, -0.2) is 42.7 Å². The normalized spacial score (nSPS) is 22.3. The maximum Gasteiger partial charge on any atom is 0.245 e. The van der Waals surface area contributed by atoms with Crippen LogP contribution in [0.25, 0.3) is 10.9 Å². The zero-order valence-electron chi connectivity index (χ0n) is 16.7. The van der Waals surface area contributed by atoms with Crippen molar-refractivity contribution in [3.05, 3.63) is 36.5 Å². The van der Waals surface area contributed by atoms with Crippen LogP contribution in [0.4, 0.5) is 0 Å². The zero-order chi connectivity index (χ0) is 20.3. The van der Waals surface area contributed by atoms with Gasteiger partial charge in [0.15, 0.2) is 0 Å². The molecule has 1 amide bonds. The van der Waals surface area contributed by atoms with Gasteiger partial charge in [-0.2, -0.15) is 4.31 Å². The highest BCUT2D eigenvalue weighted by atomic mass is 32.2. The molecule has 4 rings (SSSR count). The SMILES string of the molecule is O=C(NC1CCCCCC1)C1CCCN(S(=O)(=O)c2cccc3cccnc23)C1. The molecule has 0 bridgehead atoms. The van der Waals surface area contributed by atoms with Gasteiger partial charge in [-0.15, -0.1) is 0 Å². The summed E-state index contributed by atoms with van der Waals surface area (Å²) in [6.07, 6.45) is 9.89. The number of sulfonamides is 1. The summed E-state index contributed by atoms with van der Waals surface area (Å²) in [7, 11) is -3.70. The van der Waals surface area contributed by atoms with Crippen LogP contribution in [0.5, 0.6) is 0 Å². The van der Waals surface area contributed by atoms with Crippen molar-refractivity contribution in [3.63, 3.8) is 0 Å². The molecule has 2 aromatic rings. The lowest BCUT2D eigenvalue weighted by Gasteiger charge is -2.32. The van der Waals surface area contributed by atoms with Crippen LogP contribution in [0, 0.1) is 5.92 Å². The second kappa shape index (κ2) is 8.79. The number of hydrogen-bond acceptors (Lipinski definition) is 4. The lowest BCUT2D eigenvalue weighted by Crippen LogP contribution is -2.47. The van der Waals surface area contributed by atoms with E-state index in [2.05, 4.69) is 10.3 Å². The van der Waals surface area contributed by atoms with E-state index in [4.69, 9.17) is 0 Å². The van der Waals surface area contributed by atoms with Crippen molar-refractivity contribution < 1.29 is 13.2 Å². The van der Waals surface area contributed by atoms with Gasteiger partial charge in [0.25, 0.3) is 0 Å². The first-order chi connectivity index (χ1) is 14.1. The number of aromatic nitrogens is 1. The molecular formula is C22H29N3O3S. The van der Waals surface area contributed by atoms with Gasteiger partial charge in [0.1, 0.15) is 4.90 Å². The number of benzene rings is 1. The number of piperidine rings is 1. The molecule has 1 aromatic carbocycles. The highest BCUT2D eigenvalue weighted by Gasteiger charge is 2.34. The number of nitrogens with one attached hydrogen (secondary N) is 1. The number of nitrogens with zero attached hydrogens (tertiary/aromatic N) is 2. The Balaban J connectivity index is 1.50. The van der Waals surface area contributed by atoms with Crippen LogP contribution in [-0.2, 0) is 14.8 Å². The van der Waals surface area contributed by atoms with E-state index < -0.39 is 10.0 Å². The minimum absolute atomic E-state index is 0.00726. The van der Waals surface area contributed by atoms with Gasteiger partial charge >= 0.3 is 0 Å². The van der Waals surface area contributed by atoms with Crippen LogP contribution >= 0.6 is 0 Å². The van der Waals surface area contributed by atoms with Gasteiger partial charge in [0.2, 0.25) is 15.9 Å². The zero-order valence-corrected chi connectivity index (χ0v) is 17.5. The number of para-hydroxylation sites is 1. The fourth-order valence-electron chi connectivity index (χ4n) is 4.54. The third-order valence-electron chi connectivity index (χ3n) is 6.17. The molecule has 1 N–H and O–H groups in total. The Labute approximate surface area is 172 Å². The topological polar surface area (TPSA) is 79.4 Å². The van der Waals surface area contributed by atoms with Crippen LogP contribution in [0.1, 0.15) is 51.4 Å². The summed E-state index contributed by atoms with van der Waals surface area (Å²) < 4.78 is 28.2. The van der Waals surface area contributed by atoms with Crippen molar-refractivity contribution >= 4 is 26.8 Å². The van der Waals surface area contributed by atoms with E-state index in [0.29, 0.717) is 18.5 Å². The Kier molecular flexibility index (Phi) is 6.15. The summed E-state index contributed by atoms with van der Waals surface area (Å²) in [5.41, 5.74) is 0.486. The van der Waals surface area contributed by atoms with Crippen LogP contribution < -0.4 is 5.32 Å². The first-order valence-corrected chi connectivity index (χ1v) is 12.1. The molecule has 2 aliphatic rings. The van der Waals surface area contributed by atoms with E-state index >= 15 is 0 Å². The third-order valence-corrected chi connectivity index (χ3v) is 8.07. The van der Waals surface area contributed by atoms with Gasteiger partial charge in [0.05, 0.1) is 11.4 Å². The molecule has 1 saturated heterocycles. The van der Waals surface area contributed by atoms with Crippen LogP contribution in [0.3, 0.4) is 0 Å². The molecule has 7 heteroatoms. The average Bonchev–Trinajstić information content (AvgIpc) is 3.02. The van der Waals surface area contributed by atoms with Crippen LogP contribution in [0.15, 0.2) is 41.4 Å². The fraction of sp³-hybridized carbons (Fsp3) is 0.545. The number of hydrogen-bond donors (Lipinski definition) is 1. The van der Waals surface area contributed by atoms with Crippen LogP contribution in [0.2, 0.25) is 0 Å². The Morgan fingerprint density at radius 3 is 2.55 bits per heavy atom. The first kappa shape index (κ1) is 20.3. The Morgan fingerprint density at radius 1 is 1.00 bits per heavy atom. The summed E-state index contributed by atoms with van der Waals surface area (Å²) in [5, 5.41) is 4.00. The molecule has 1 saturated carbocycles. The minimum atomic E-state index is -3.70. The number of pyridine rings is 1. The minimum Gasteiger partial charge on any atom is -0.353 e. The molecule has 1 aromatic heterocycles. The van der Waals surface area contributed by atoms with Crippen molar-refractivity contribution in [1.29, 1.82) is 0 Å². The highest BCUT2D eigenvalue weighted by Crippen LogP contribution is 2.28. The van der Waals surface area contributed by atoms with Crippen molar-refractivity contribution in [2.24, 2.45) is 5.92 Å². The maximum atomic E-state index is 13.4. The molecule has 29 heavy (non-hydrogen) atoms. The van der Waals surface area contributed by atoms with Gasteiger partial charge in [-0.05, 0) is 37.8 Å². The molecule has 0 radical (unpaired) electrons. The summed E-state index contributed by atoms with van der Waals surface area (Å²) in [6.45, 7) is 0.683. The van der Waals surface area contributed by atoms with Gasteiger partial charge in [-0.3, -0.25) is 9.78 Å². The monoisotopic (exact) mass is 415 g/mol. The molecular weight excluding hydrogens is 386 g/mol. The van der Waals surface area contributed by atoms with Gasteiger partial charge in [-0.25, -0.2) is 8.42 Å². The highest BCUT2D eigenvalue weighted by molar-refractivity contribution is 7.89. The number of rotatable bonds is 4. The number of carbonyl (C=O) groups excluding carboxylic acids is 1. The van der Waals surface area contributed by atoms with Crippen molar-refractivity contribution in [3.8, 4) is 0 Å². The van der Waals surface area contributed by atoms with E-state index in [0.717, 1.165) is 37.5 Å². The smallest absolute Gasteiger partial charge is 0.245 e. The number of fused-ring (bicyclic) bond motifs is 1. The standard InChI is InChI=1S/C22H29N3O3S/c26-22(24-19-11-3-1-2-4-12-19)18-10-7-15-25(16-18)29(27,28)20-13-5-8-17-9-6-14-23-21(17)20/h5-6,8-9,13-14,18-19H,1-4,7,10-12,15-16H2,(H,24,26). The summed E-state index contributed by atoms with van der Waals surface area (Å²) in [5.74, 6) is -0.280. The van der Waals surface area contributed by atoms with E-state index in [-0.39, 0.29) is 29.3 Å². The molecule has 1 unspecified atom stereocenters. The van der Waals surface area contributed by atoms with Gasteiger partial charge in [-0.1, -0.05) is 43.9 Å². The molecule has 2 heterocycles. The molecule has 1 aliphatic heterocycles. The maximum absolute atomic E-state index is 13.4. The molecule has 156 valence electrons. The van der Waals surface area contributed by atoms with Gasteiger partial charge < -0.3 is 5.32 Å². The van der Waals surface area contributed by atoms with E-state index in [1.807, 2.05) is 12.1 Å².